The summed E-state index contributed by atoms with van der Waals surface area (Å²) < 4.78 is 0. The molecule has 1 aromatic heterocycles. The number of carbonyl (C=O) groups excluding carboxylic acids is 1. The average Bonchev–Trinajstić information content (AvgIpc) is 2.56. The smallest absolute Gasteiger partial charge is 0.253 e. The van der Waals surface area contributed by atoms with Crippen molar-refractivity contribution in [1.29, 1.82) is 0 Å². The molecule has 22 heavy (non-hydrogen) atoms. The first-order valence-electron chi connectivity index (χ1n) is 7.78. The van der Waals surface area contributed by atoms with Crippen LogP contribution in [0.5, 0.6) is 0 Å². The number of aryl methyl sites for hydroxylation is 1. The zero-order valence-electron chi connectivity index (χ0n) is 12.8. The number of hydrogen-bond donors (Lipinski definition) is 2. The fourth-order valence-electron chi connectivity index (χ4n) is 2.81. The third-order valence-electron chi connectivity index (χ3n) is 4.03. The van der Waals surface area contributed by atoms with Crippen molar-refractivity contribution in [2.45, 2.75) is 25.8 Å². The van der Waals surface area contributed by atoms with Gasteiger partial charge in [0.05, 0.1) is 17.0 Å². The van der Waals surface area contributed by atoms with Crippen LogP contribution in [0.4, 0.5) is 0 Å². The number of hydrogen-bond acceptors (Lipinski definition) is 3. The molecule has 1 amide bonds. The average molecular weight is 295 g/mol. The number of piperidine rings is 1. The third-order valence-corrected chi connectivity index (χ3v) is 4.03. The number of nitrogens with one attached hydrogen (secondary N) is 2. The lowest BCUT2D eigenvalue weighted by Crippen LogP contribution is -2.45. The molecule has 2 N–H and O–H groups in total. The van der Waals surface area contributed by atoms with Gasteiger partial charge >= 0.3 is 0 Å². The van der Waals surface area contributed by atoms with Gasteiger partial charge in [-0.15, -0.1) is 0 Å². The maximum atomic E-state index is 12.4. The van der Waals surface area contributed by atoms with Crippen molar-refractivity contribution in [3.63, 3.8) is 0 Å². The molecule has 0 aliphatic carbocycles. The SMILES string of the molecule is Cc1nc(-c2ccccc2)ccc1C(=O)N[C@H]1CCCNC1. The van der Waals surface area contributed by atoms with Crippen LogP contribution in [-0.4, -0.2) is 30.0 Å². The summed E-state index contributed by atoms with van der Waals surface area (Å²) in [6, 6.07) is 14.0. The van der Waals surface area contributed by atoms with Crippen LogP contribution >= 0.6 is 0 Å². The van der Waals surface area contributed by atoms with Crippen LogP contribution in [-0.2, 0) is 0 Å². The Morgan fingerprint density at radius 2 is 2.05 bits per heavy atom. The Balaban J connectivity index is 1.75. The van der Waals surface area contributed by atoms with E-state index < -0.39 is 0 Å². The van der Waals surface area contributed by atoms with Crippen LogP contribution in [0.25, 0.3) is 11.3 Å². The highest BCUT2D eigenvalue weighted by Crippen LogP contribution is 2.18. The Labute approximate surface area is 131 Å². The van der Waals surface area contributed by atoms with Gasteiger partial charge in [-0.05, 0) is 38.4 Å². The Kier molecular flexibility index (Phi) is 4.49. The molecule has 0 bridgehead atoms. The second-order valence-corrected chi connectivity index (χ2v) is 5.71. The molecule has 1 aliphatic heterocycles. The number of nitrogens with zero attached hydrogens (tertiary/aromatic N) is 1. The first-order chi connectivity index (χ1) is 10.7. The lowest BCUT2D eigenvalue weighted by molar-refractivity contribution is 0.0929. The van der Waals surface area contributed by atoms with E-state index in [2.05, 4.69) is 15.6 Å². The Morgan fingerprint density at radius 3 is 2.73 bits per heavy atom. The van der Waals surface area contributed by atoms with Gasteiger partial charge in [0.15, 0.2) is 0 Å². The molecular weight excluding hydrogens is 274 g/mol. The summed E-state index contributed by atoms with van der Waals surface area (Å²) in [6.07, 6.45) is 2.14. The van der Waals surface area contributed by atoms with E-state index in [1.165, 1.54) is 0 Å². The van der Waals surface area contributed by atoms with Crippen LogP contribution in [0.15, 0.2) is 42.5 Å². The van der Waals surface area contributed by atoms with Crippen molar-refractivity contribution in [3.05, 3.63) is 53.7 Å². The fraction of sp³-hybridized carbons (Fsp3) is 0.333. The lowest BCUT2D eigenvalue weighted by Gasteiger charge is -2.24. The van der Waals surface area contributed by atoms with Crippen molar-refractivity contribution in [3.8, 4) is 11.3 Å². The van der Waals surface area contributed by atoms with Crippen LogP contribution in [0, 0.1) is 6.92 Å². The zero-order chi connectivity index (χ0) is 15.4. The second-order valence-electron chi connectivity index (χ2n) is 5.71. The maximum Gasteiger partial charge on any atom is 0.253 e. The summed E-state index contributed by atoms with van der Waals surface area (Å²) in [4.78, 5) is 17.0. The monoisotopic (exact) mass is 295 g/mol. The molecular formula is C18H21N3O. The maximum absolute atomic E-state index is 12.4. The molecule has 0 saturated carbocycles. The largest absolute Gasteiger partial charge is 0.348 e. The number of benzene rings is 1. The molecule has 1 saturated heterocycles. The third kappa shape index (κ3) is 3.34. The number of aromatic nitrogens is 1. The molecule has 4 nitrogen and oxygen atoms in total. The van der Waals surface area contributed by atoms with Gasteiger partial charge in [0, 0.05) is 18.2 Å². The molecule has 4 heteroatoms. The van der Waals surface area contributed by atoms with E-state index in [1.54, 1.807) is 0 Å². The number of rotatable bonds is 3. The summed E-state index contributed by atoms with van der Waals surface area (Å²) in [5.41, 5.74) is 3.39. The van der Waals surface area contributed by atoms with Gasteiger partial charge in [0.25, 0.3) is 5.91 Å². The summed E-state index contributed by atoms with van der Waals surface area (Å²) >= 11 is 0. The van der Waals surface area contributed by atoms with Crippen molar-refractivity contribution >= 4 is 5.91 Å². The van der Waals surface area contributed by atoms with Gasteiger partial charge in [-0.2, -0.15) is 0 Å². The summed E-state index contributed by atoms with van der Waals surface area (Å²) in [5.74, 6) is -0.0293. The van der Waals surface area contributed by atoms with Crippen LogP contribution in [0.2, 0.25) is 0 Å². The van der Waals surface area contributed by atoms with Gasteiger partial charge < -0.3 is 10.6 Å². The Bertz CT molecular complexity index is 649. The molecule has 2 aromatic rings. The van der Waals surface area contributed by atoms with E-state index in [0.29, 0.717) is 5.56 Å². The number of carbonyl (C=O) groups is 1. The summed E-state index contributed by atoms with van der Waals surface area (Å²) in [7, 11) is 0. The minimum absolute atomic E-state index is 0.0293. The fourth-order valence-corrected chi connectivity index (χ4v) is 2.81. The molecule has 2 heterocycles. The van der Waals surface area contributed by atoms with Crippen LogP contribution in [0.3, 0.4) is 0 Å². The standard InChI is InChI=1S/C18H21N3O/c1-13-16(18(22)21-15-8-5-11-19-12-15)9-10-17(20-13)14-6-3-2-4-7-14/h2-4,6-7,9-10,15,19H,5,8,11-12H2,1H3,(H,21,22)/t15-/m0/s1. The molecule has 0 unspecified atom stereocenters. The topological polar surface area (TPSA) is 54.0 Å². The Morgan fingerprint density at radius 1 is 1.23 bits per heavy atom. The van der Waals surface area contributed by atoms with Crippen LogP contribution < -0.4 is 10.6 Å². The predicted octanol–water partition coefficient (Wildman–Crippen LogP) is 2.54. The normalized spacial score (nSPS) is 18.0. The van der Waals surface area contributed by atoms with E-state index in [0.717, 1.165) is 42.9 Å². The van der Waals surface area contributed by atoms with Crippen molar-refractivity contribution in [2.75, 3.05) is 13.1 Å². The quantitative estimate of drug-likeness (QED) is 0.915. The van der Waals surface area contributed by atoms with E-state index in [9.17, 15) is 4.79 Å². The van der Waals surface area contributed by atoms with E-state index in [-0.39, 0.29) is 11.9 Å². The first-order valence-corrected chi connectivity index (χ1v) is 7.78. The van der Waals surface area contributed by atoms with E-state index >= 15 is 0 Å². The molecule has 1 atom stereocenters. The van der Waals surface area contributed by atoms with Gasteiger partial charge in [-0.3, -0.25) is 9.78 Å². The summed E-state index contributed by atoms with van der Waals surface area (Å²) in [5, 5.41) is 6.40. The zero-order valence-corrected chi connectivity index (χ0v) is 12.8. The molecule has 3 rings (SSSR count). The van der Waals surface area contributed by atoms with Crippen molar-refractivity contribution in [1.82, 2.24) is 15.6 Å². The van der Waals surface area contributed by atoms with Gasteiger partial charge in [-0.1, -0.05) is 30.3 Å². The highest BCUT2D eigenvalue weighted by Gasteiger charge is 2.18. The highest BCUT2D eigenvalue weighted by atomic mass is 16.1. The lowest BCUT2D eigenvalue weighted by atomic mass is 10.1. The highest BCUT2D eigenvalue weighted by molar-refractivity contribution is 5.95. The minimum Gasteiger partial charge on any atom is -0.348 e. The molecule has 1 aromatic carbocycles. The second kappa shape index (κ2) is 6.71. The molecule has 1 aliphatic rings. The number of pyridine rings is 1. The first kappa shape index (κ1) is 14.7. The molecule has 1 fully saturated rings. The molecule has 114 valence electrons. The van der Waals surface area contributed by atoms with E-state index in [4.69, 9.17) is 0 Å². The minimum atomic E-state index is -0.0293. The van der Waals surface area contributed by atoms with Crippen molar-refractivity contribution in [2.24, 2.45) is 0 Å². The van der Waals surface area contributed by atoms with Gasteiger partial charge in [-0.25, -0.2) is 0 Å². The van der Waals surface area contributed by atoms with Crippen LogP contribution in [0.1, 0.15) is 28.9 Å². The van der Waals surface area contributed by atoms with Crippen molar-refractivity contribution < 1.29 is 4.79 Å². The van der Waals surface area contributed by atoms with Gasteiger partial charge in [0.2, 0.25) is 0 Å². The number of amides is 1. The Hall–Kier alpha value is -2.20. The molecule has 0 radical (unpaired) electrons. The predicted molar refractivity (Wildman–Crippen MR) is 87.8 cm³/mol. The van der Waals surface area contributed by atoms with Gasteiger partial charge in [0.1, 0.15) is 0 Å². The van der Waals surface area contributed by atoms with E-state index in [1.807, 2.05) is 49.4 Å². The summed E-state index contributed by atoms with van der Waals surface area (Å²) in [6.45, 7) is 3.78. The molecule has 0 spiro atoms.